The van der Waals surface area contributed by atoms with Gasteiger partial charge in [0.1, 0.15) is 5.69 Å². The third-order valence-corrected chi connectivity index (χ3v) is 7.25. The van der Waals surface area contributed by atoms with Gasteiger partial charge in [-0.1, -0.05) is 18.9 Å². The van der Waals surface area contributed by atoms with E-state index < -0.39 is 0 Å². The number of aromatic nitrogens is 3. The molecule has 0 saturated heterocycles. The highest BCUT2D eigenvalue weighted by Gasteiger charge is 2.30. The Bertz CT molecular complexity index is 1140. The minimum atomic E-state index is -0.245. The second-order valence-electron chi connectivity index (χ2n) is 8.39. The van der Waals surface area contributed by atoms with E-state index >= 15 is 0 Å². The molecule has 1 fully saturated rings. The molecule has 0 atom stereocenters. The fraction of sp³-hybridized carbons (Fsp3) is 0.375. The summed E-state index contributed by atoms with van der Waals surface area (Å²) in [6, 6.07) is 6.24. The molecule has 0 unspecified atom stereocenters. The Kier molecular flexibility index (Phi) is 5.70. The van der Waals surface area contributed by atoms with Crippen molar-refractivity contribution >= 4 is 34.0 Å². The molecule has 0 N–H and O–H groups in total. The molecule has 1 aliphatic carbocycles. The molecule has 7 nitrogen and oxygen atoms in total. The number of anilines is 2. The van der Waals surface area contributed by atoms with E-state index in [0.717, 1.165) is 62.0 Å². The van der Waals surface area contributed by atoms with E-state index in [2.05, 4.69) is 27.1 Å². The highest BCUT2D eigenvalue weighted by Crippen LogP contribution is 2.36. The van der Waals surface area contributed by atoms with Crippen LogP contribution < -0.4 is 9.80 Å². The van der Waals surface area contributed by atoms with Crippen LogP contribution in [0.2, 0.25) is 0 Å². The standard InChI is InChI=1S/C24H25N5O2S/c1-28(23(31)19-14-25-10-11-26-19)24-27-20(15-32-24)17-8-9-21-18(13-17)7-4-12-29(21)22(30)16-5-2-3-6-16/h8-11,13-16H,2-7,12H2,1H3. The Morgan fingerprint density at radius 2 is 2.00 bits per heavy atom. The van der Waals surface area contributed by atoms with E-state index in [0.29, 0.717) is 5.13 Å². The predicted molar refractivity (Wildman–Crippen MR) is 125 cm³/mol. The fourth-order valence-electron chi connectivity index (χ4n) is 4.60. The van der Waals surface area contributed by atoms with Crippen LogP contribution in [0.25, 0.3) is 11.3 Å². The van der Waals surface area contributed by atoms with Crippen molar-refractivity contribution in [2.24, 2.45) is 5.92 Å². The van der Waals surface area contributed by atoms with Crippen molar-refractivity contribution in [2.45, 2.75) is 38.5 Å². The van der Waals surface area contributed by atoms with Gasteiger partial charge >= 0.3 is 0 Å². The number of benzene rings is 1. The summed E-state index contributed by atoms with van der Waals surface area (Å²) in [5, 5.41) is 2.56. The fourth-order valence-corrected chi connectivity index (χ4v) is 5.40. The lowest BCUT2D eigenvalue weighted by Crippen LogP contribution is -2.39. The summed E-state index contributed by atoms with van der Waals surface area (Å²) in [6.45, 7) is 0.803. The van der Waals surface area contributed by atoms with Crippen LogP contribution in [0.4, 0.5) is 10.8 Å². The summed E-state index contributed by atoms with van der Waals surface area (Å²) in [5.74, 6) is 0.228. The van der Waals surface area contributed by atoms with Crippen LogP contribution in [0.5, 0.6) is 0 Å². The van der Waals surface area contributed by atoms with Crippen LogP contribution in [0.3, 0.4) is 0 Å². The normalized spacial score (nSPS) is 16.1. The summed E-state index contributed by atoms with van der Waals surface area (Å²) >= 11 is 1.42. The van der Waals surface area contributed by atoms with Gasteiger partial charge in [-0.15, -0.1) is 11.3 Å². The van der Waals surface area contributed by atoms with Gasteiger partial charge in [-0.05, 0) is 43.4 Å². The topological polar surface area (TPSA) is 79.3 Å². The van der Waals surface area contributed by atoms with Crippen LogP contribution in [0, 0.1) is 5.92 Å². The molecular formula is C24H25N5O2S. The molecule has 0 spiro atoms. The van der Waals surface area contributed by atoms with Crippen LogP contribution in [-0.4, -0.2) is 40.4 Å². The first-order valence-corrected chi connectivity index (χ1v) is 11.9. The van der Waals surface area contributed by atoms with Crippen molar-refractivity contribution in [1.82, 2.24) is 15.0 Å². The van der Waals surface area contributed by atoms with Crippen LogP contribution in [-0.2, 0) is 11.2 Å². The molecule has 8 heteroatoms. The van der Waals surface area contributed by atoms with E-state index in [4.69, 9.17) is 0 Å². The number of amides is 2. The van der Waals surface area contributed by atoms with Gasteiger partial charge in [0.05, 0.1) is 11.9 Å². The Hall–Kier alpha value is -3.13. The zero-order valence-electron chi connectivity index (χ0n) is 18.0. The lowest BCUT2D eigenvalue weighted by atomic mass is 9.96. The smallest absolute Gasteiger partial charge is 0.279 e. The Morgan fingerprint density at radius 1 is 1.16 bits per heavy atom. The van der Waals surface area contributed by atoms with Crippen molar-refractivity contribution in [2.75, 3.05) is 23.4 Å². The number of hydrogen-bond donors (Lipinski definition) is 0. The number of hydrogen-bond acceptors (Lipinski definition) is 6. The number of carbonyl (C=O) groups is 2. The Morgan fingerprint density at radius 3 is 2.78 bits per heavy atom. The van der Waals surface area contributed by atoms with Gasteiger partial charge in [0.25, 0.3) is 5.91 Å². The maximum Gasteiger partial charge on any atom is 0.279 e. The van der Waals surface area contributed by atoms with E-state index in [1.54, 1.807) is 7.05 Å². The molecule has 0 radical (unpaired) electrons. The first kappa shape index (κ1) is 20.8. The first-order chi connectivity index (χ1) is 15.6. The minimum absolute atomic E-state index is 0.184. The van der Waals surface area contributed by atoms with Crippen LogP contribution in [0.15, 0.2) is 42.2 Å². The highest BCUT2D eigenvalue weighted by atomic mass is 32.1. The molecule has 1 aromatic carbocycles. The van der Waals surface area contributed by atoms with Crippen molar-refractivity contribution in [3.05, 3.63) is 53.4 Å². The molecule has 2 aliphatic rings. The lowest BCUT2D eigenvalue weighted by molar-refractivity contribution is -0.122. The number of carbonyl (C=O) groups excluding carboxylic acids is 2. The molecule has 32 heavy (non-hydrogen) atoms. The molecule has 3 aromatic rings. The van der Waals surface area contributed by atoms with E-state index in [-0.39, 0.29) is 23.4 Å². The number of fused-ring (bicyclic) bond motifs is 1. The Labute approximate surface area is 191 Å². The highest BCUT2D eigenvalue weighted by molar-refractivity contribution is 7.14. The van der Waals surface area contributed by atoms with Crippen molar-refractivity contribution in [3.8, 4) is 11.3 Å². The molecule has 1 aliphatic heterocycles. The summed E-state index contributed by atoms with van der Waals surface area (Å²) in [6.07, 6.45) is 10.8. The number of thiazole rings is 1. The van der Waals surface area contributed by atoms with E-state index in [9.17, 15) is 9.59 Å². The molecule has 164 valence electrons. The number of nitrogens with zero attached hydrogens (tertiary/aromatic N) is 5. The van der Waals surface area contributed by atoms with Gasteiger partial charge in [-0.3, -0.25) is 19.5 Å². The third kappa shape index (κ3) is 3.90. The van der Waals surface area contributed by atoms with Crippen LogP contribution >= 0.6 is 11.3 Å². The van der Waals surface area contributed by atoms with Gasteiger partial charge in [0, 0.05) is 48.5 Å². The number of aryl methyl sites for hydroxylation is 1. The van der Waals surface area contributed by atoms with Gasteiger partial charge in [-0.2, -0.15) is 0 Å². The minimum Gasteiger partial charge on any atom is -0.312 e. The molecular weight excluding hydrogens is 422 g/mol. The van der Waals surface area contributed by atoms with Crippen LogP contribution in [0.1, 0.15) is 48.2 Å². The zero-order chi connectivity index (χ0) is 22.1. The lowest BCUT2D eigenvalue weighted by Gasteiger charge is -2.31. The molecule has 2 amide bonds. The summed E-state index contributed by atoms with van der Waals surface area (Å²) < 4.78 is 0. The van der Waals surface area contributed by atoms with E-state index in [1.807, 2.05) is 16.3 Å². The largest absolute Gasteiger partial charge is 0.312 e. The SMILES string of the molecule is CN(C(=O)c1cnccn1)c1nc(-c2ccc3c(c2)CCCN3C(=O)C2CCCC2)cs1. The predicted octanol–water partition coefficient (Wildman–Crippen LogP) is 4.35. The molecule has 5 rings (SSSR count). The molecule has 2 aromatic heterocycles. The van der Waals surface area contributed by atoms with Gasteiger partial charge < -0.3 is 4.90 Å². The summed E-state index contributed by atoms with van der Waals surface area (Å²) in [5.41, 5.74) is 4.35. The Balaban J connectivity index is 1.37. The van der Waals surface area contributed by atoms with Gasteiger partial charge in [-0.25, -0.2) is 9.97 Å². The molecule has 0 bridgehead atoms. The summed E-state index contributed by atoms with van der Waals surface area (Å²) in [7, 11) is 1.69. The zero-order valence-corrected chi connectivity index (χ0v) is 18.8. The quantitative estimate of drug-likeness (QED) is 0.594. The average Bonchev–Trinajstić information content (AvgIpc) is 3.55. The molecule has 1 saturated carbocycles. The van der Waals surface area contributed by atoms with E-state index in [1.165, 1.54) is 40.4 Å². The molecule has 3 heterocycles. The van der Waals surface area contributed by atoms with Gasteiger partial charge in [0.2, 0.25) is 5.91 Å². The second kappa shape index (κ2) is 8.78. The van der Waals surface area contributed by atoms with Crippen molar-refractivity contribution in [3.63, 3.8) is 0 Å². The second-order valence-corrected chi connectivity index (χ2v) is 9.22. The average molecular weight is 448 g/mol. The summed E-state index contributed by atoms with van der Waals surface area (Å²) in [4.78, 5) is 41.9. The third-order valence-electron chi connectivity index (χ3n) is 6.33. The van der Waals surface area contributed by atoms with Crippen molar-refractivity contribution in [1.29, 1.82) is 0 Å². The maximum absolute atomic E-state index is 13.0. The van der Waals surface area contributed by atoms with Crippen molar-refractivity contribution < 1.29 is 9.59 Å². The number of rotatable bonds is 4. The first-order valence-electron chi connectivity index (χ1n) is 11.1. The maximum atomic E-state index is 13.0. The monoisotopic (exact) mass is 447 g/mol. The van der Waals surface area contributed by atoms with Gasteiger partial charge in [0.15, 0.2) is 5.13 Å².